The van der Waals surface area contributed by atoms with E-state index in [1.807, 2.05) is 19.1 Å². The van der Waals surface area contributed by atoms with Crippen LogP contribution in [0, 0.1) is 6.92 Å². The van der Waals surface area contributed by atoms with Crippen LogP contribution >= 0.6 is 0 Å². The van der Waals surface area contributed by atoms with Crippen molar-refractivity contribution in [3.63, 3.8) is 0 Å². The van der Waals surface area contributed by atoms with Gasteiger partial charge in [0.1, 0.15) is 6.54 Å². The van der Waals surface area contributed by atoms with Gasteiger partial charge in [0, 0.05) is 37.4 Å². The van der Waals surface area contributed by atoms with Gasteiger partial charge in [-0.15, -0.1) is 0 Å². The van der Waals surface area contributed by atoms with Gasteiger partial charge in [-0.05, 0) is 57.4 Å². The van der Waals surface area contributed by atoms with Crippen LogP contribution in [0.1, 0.15) is 58.4 Å². The summed E-state index contributed by atoms with van der Waals surface area (Å²) in [6, 6.07) is 6.31. The molecule has 1 aliphatic rings. The highest BCUT2D eigenvalue weighted by Crippen LogP contribution is 2.24. The first-order chi connectivity index (χ1) is 12.5. The van der Waals surface area contributed by atoms with Crippen LogP contribution in [0.25, 0.3) is 0 Å². The van der Waals surface area contributed by atoms with Gasteiger partial charge in [0.05, 0.1) is 0 Å². The fourth-order valence-corrected chi connectivity index (χ4v) is 3.81. The first-order valence-corrected chi connectivity index (χ1v) is 9.88. The topological polar surface area (TPSA) is 52.7 Å². The van der Waals surface area contributed by atoms with E-state index in [1.165, 1.54) is 6.42 Å². The second kappa shape index (κ2) is 9.60. The standard InChI is InChI=1S/C21H33N3O2/c1-5-23(6-2)19-12-13-20(16(3)14-19)22-21(26)15-24(17(4)25)18-10-8-7-9-11-18/h12-14,18H,5-11,15H2,1-4H3,(H,22,26). The van der Waals surface area contributed by atoms with Crippen LogP contribution in [-0.2, 0) is 9.59 Å². The molecular formula is C21H33N3O2. The maximum Gasteiger partial charge on any atom is 0.244 e. The zero-order valence-electron chi connectivity index (χ0n) is 16.7. The molecule has 0 saturated heterocycles. The lowest BCUT2D eigenvalue weighted by Gasteiger charge is -2.33. The molecule has 5 heteroatoms. The fraction of sp³-hybridized carbons (Fsp3) is 0.619. The number of anilines is 2. The van der Waals surface area contributed by atoms with Gasteiger partial charge >= 0.3 is 0 Å². The molecule has 0 spiro atoms. The van der Waals surface area contributed by atoms with Gasteiger partial charge in [0.2, 0.25) is 11.8 Å². The normalized spacial score (nSPS) is 14.8. The Kier molecular flexibility index (Phi) is 7.49. The molecule has 5 nitrogen and oxygen atoms in total. The van der Waals surface area contributed by atoms with E-state index >= 15 is 0 Å². The minimum atomic E-state index is -0.121. The third-order valence-electron chi connectivity index (χ3n) is 5.35. The summed E-state index contributed by atoms with van der Waals surface area (Å²) in [7, 11) is 0. The highest BCUT2D eigenvalue weighted by Gasteiger charge is 2.25. The Morgan fingerprint density at radius 3 is 2.31 bits per heavy atom. The molecule has 1 N–H and O–H groups in total. The minimum Gasteiger partial charge on any atom is -0.372 e. The Balaban J connectivity index is 2.02. The Morgan fingerprint density at radius 2 is 1.77 bits per heavy atom. The molecule has 0 bridgehead atoms. The molecule has 1 aromatic carbocycles. The first kappa shape index (κ1) is 20.3. The molecular weight excluding hydrogens is 326 g/mol. The maximum atomic E-state index is 12.5. The average molecular weight is 360 g/mol. The molecule has 0 unspecified atom stereocenters. The van der Waals surface area contributed by atoms with E-state index < -0.39 is 0 Å². The summed E-state index contributed by atoms with van der Waals surface area (Å²) >= 11 is 0. The largest absolute Gasteiger partial charge is 0.372 e. The van der Waals surface area contributed by atoms with Gasteiger partial charge in [-0.25, -0.2) is 0 Å². The smallest absolute Gasteiger partial charge is 0.244 e. The SMILES string of the molecule is CCN(CC)c1ccc(NC(=O)CN(C(C)=O)C2CCCCC2)c(C)c1. The molecule has 144 valence electrons. The third kappa shape index (κ3) is 5.23. The summed E-state index contributed by atoms with van der Waals surface area (Å²) in [6.45, 7) is 9.88. The Bertz CT molecular complexity index is 620. The van der Waals surface area contributed by atoms with Gasteiger partial charge in [0.15, 0.2) is 0 Å². The number of aryl methyl sites for hydroxylation is 1. The zero-order chi connectivity index (χ0) is 19.1. The molecule has 0 atom stereocenters. The molecule has 1 saturated carbocycles. The second-order valence-electron chi connectivity index (χ2n) is 7.16. The van der Waals surface area contributed by atoms with Crippen molar-refractivity contribution in [1.29, 1.82) is 0 Å². The number of nitrogens with zero attached hydrogens (tertiary/aromatic N) is 2. The van der Waals surface area contributed by atoms with Crippen LogP contribution < -0.4 is 10.2 Å². The highest BCUT2D eigenvalue weighted by atomic mass is 16.2. The van der Waals surface area contributed by atoms with Crippen molar-refractivity contribution in [3.8, 4) is 0 Å². The van der Waals surface area contributed by atoms with Crippen LogP contribution in [0.15, 0.2) is 18.2 Å². The molecule has 1 fully saturated rings. The van der Waals surface area contributed by atoms with E-state index in [0.29, 0.717) is 0 Å². The monoisotopic (exact) mass is 359 g/mol. The number of amides is 2. The van der Waals surface area contributed by atoms with Crippen molar-refractivity contribution in [2.75, 3.05) is 29.9 Å². The Hall–Kier alpha value is -2.04. The summed E-state index contributed by atoms with van der Waals surface area (Å²) in [5.41, 5.74) is 3.02. The van der Waals surface area contributed by atoms with E-state index in [2.05, 4.69) is 30.1 Å². The van der Waals surface area contributed by atoms with Crippen molar-refractivity contribution >= 4 is 23.2 Å². The van der Waals surface area contributed by atoms with E-state index in [-0.39, 0.29) is 24.4 Å². The van der Waals surface area contributed by atoms with Crippen LogP contribution in [0.4, 0.5) is 11.4 Å². The lowest BCUT2D eigenvalue weighted by molar-refractivity contribution is -0.135. The summed E-state index contributed by atoms with van der Waals surface area (Å²) in [5.74, 6) is -0.134. The van der Waals surface area contributed by atoms with Crippen LogP contribution in [0.3, 0.4) is 0 Å². The number of hydrogen-bond acceptors (Lipinski definition) is 3. The Morgan fingerprint density at radius 1 is 1.12 bits per heavy atom. The summed E-state index contributed by atoms with van der Waals surface area (Å²) in [5, 5.41) is 2.99. The molecule has 0 heterocycles. The fourth-order valence-electron chi connectivity index (χ4n) is 3.81. The van der Waals surface area contributed by atoms with Crippen LogP contribution in [0.2, 0.25) is 0 Å². The number of nitrogens with one attached hydrogen (secondary N) is 1. The second-order valence-corrected chi connectivity index (χ2v) is 7.16. The van der Waals surface area contributed by atoms with E-state index in [4.69, 9.17) is 0 Å². The molecule has 2 amide bonds. The molecule has 0 aliphatic heterocycles. The number of benzene rings is 1. The van der Waals surface area contributed by atoms with Gasteiger partial charge in [-0.3, -0.25) is 9.59 Å². The predicted octanol–water partition coefficient (Wildman–Crippen LogP) is 3.96. The molecule has 2 rings (SSSR count). The number of carbonyl (C=O) groups is 2. The maximum absolute atomic E-state index is 12.5. The van der Waals surface area contributed by atoms with E-state index in [9.17, 15) is 9.59 Å². The van der Waals surface area contributed by atoms with Gasteiger partial charge in [-0.2, -0.15) is 0 Å². The summed E-state index contributed by atoms with van der Waals surface area (Å²) < 4.78 is 0. The van der Waals surface area contributed by atoms with Crippen LogP contribution in [-0.4, -0.2) is 42.4 Å². The van der Waals surface area contributed by atoms with Crippen molar-refractivity contribution in [3.05, 3.63) is 23.8 Å². The van der Waals surface area contributed by atoms with E-state index in [1.54, 1.807) is 11.8 Å². The average Bonchev–Trinajstić information content (AvgIpc) is 2.63. The third-order valence-corrected chi connectivity index (χ3v) is 5.35. The number of hydrogen-bond donors (Lipinski definition) is 1. The number of rotatable bonds is 7. The van der Waals surface area contributed by atoms with Gasteiger partial charge < -0.3 is 15.1 Å². The molecule has 26 heavy (non-hydrogen) atoms. The van der Waals surface area contributed by atoms with Crippen molar-refractivity contribution in [2.24, 2.45) is 0 Å². The van der Waals surface area contributed by atoms with Crippen molar-refractivity contribution in [1.82, 2.24) is 4.90 Å². The van der Waals surface area contributed by atoms with Gasteiger partial charge in [0.25, 0.3) is 0 Å². The summed E-state index contributed by atoms with van der Waals surface area (Å²) in [4.78, 5) is 28.6. The Labute approximate surface area is 157 Å². The van der Waals surface area contributed by atoms with Crippen molar-refractivity contribution < 1.29 is 9.59 Å². The molecule has 1 aliphatic carbocycles. The zero-order valence-corrected chi connectivity index (χ0v) is 16.7. The quantitative estimate of drug-likeness (QED) is 0.802. The predicted molar refractivity (Wildman–Crippen MR) is 108 cm³/mol. The molecule has 0 aromatic heterocycles. The van der Waals surface area contributed by atoms with Gasteiger partial charge in [-0.1, -0.05) is 19.3 Å². The lowest BCUT2D eigenvalue weighted by atomic mass is 9.94. The van der Waals surface area contributed by atoms with Crippen molar-refractivity contribution in [2.45, 2.75) is 65.8 Å². The number of carbonyl (C=O) groups excluding carboxylic acids is 2. The first-order valence-electron chi connectivity index (χ1n) is 9.88. The lowest BCUT2D eigenvalue weighted by Crippen LogP contribution is -2.44. The molecule has 1 aromatic rings. The minimum absolute atomic E-state index is 0.0133. The highest BCUT2D eigenvalue weighted by molar-refractivity contribution is 5.95. The molecule has 0 radical (unpaired) electrons. The summed E-state index contributed by atoms with van der Waals surface area (Å²) in [6.07, 6.45) is 5.52. The van der Waals surface area contributed by atoms with E-state index in [0.717, 1.165) is 55.7 Å². The van der Waals surface area contributed by atoms with Crippen LogP contribution in [0.5, 0.6) is 0 Å².